The number of carbonyl (C=O) groups excluding carboxylic acids is 1. The first kappa shape index (κ1) is 21.0. The molecule has 3 heterocycles. The van der Waals surface area contributed by atoms with Gasteiger partial charge in [-0.15, -0.1) is 0 Å². The van der Waals surface area contributed by atoms with E-state index in [2.05, 4.69) is 20.4 Å². The van der Waals surface area contributed by atoms with Gasteiger partial charge in [-0.3, -0.25) is 9.48 Å². The summed E-state index contributed by atoms with van der Waals surface area (Å²) in [7, 11) is 0. The second-order valence-corrected chi connectivity index (χ2v) is 7.76. The molecule has 0 atom stereocenters. The van der Waals surface area contributed by atoms with Crippen molar-refractivity contribution in [2.75, 3.05) is 38.3 Å². The molecule has 4 aromatic rings. The number of morpholine rings is 1. The summed E-state index contributed by atoms with van der Waals surface area (Å²) in [4.78, 5) is 23.4. The molecule has 1 aliphatic rings. The van der Waals surface area contributed by atoms with E-state index in [1.165, 1.54) is 0 Å². The van der Waals surface area contributed by atoms with Crippen molar-refractivity contribution in [2.45, 2.75) is 6.54 Å². The minimum absolute atomic E-state index is 0.00849. The van der Waals surface area contributed by atoms with E-state index in [9.17, 15) is 9.18 Å². The zero-order valence-corrected chi connectivity index (χ0v) is 17.9. The highest BCUT2D eigenvalue weighted by Crippen LogP contribution is 2.24. The number of nitrogens with zero attached hydrogens (tertiary/aromatic N) is 5. The third kappa shape index (κ3) is 4.68. The Hall–Kier alpha value is -3.85. The molecule has 2 aromatic heterocycles. The Kier molecular flexibility index (Phi) is 5.95. The molecule has 0 aliphatic carbocycles. The van der Waals surface area contributed by atoms with Gasteiger partial charge in [-0.1, -0.05) is 12.1 Å². The van der Waals surface area contributed by atoms with E-state index in [-0.39, 0.29) is 12.5 Å². The van der Waals surface area contributed by atoms with Crippen LogP contribution in [-0.4, -0.2) is 63.5 Å². The van der Waals surface area contributed by atoms with Gasteiger partial charge >= 0.3 is 0 Å². The molecule has 0 saturated carbocycles. The van der Waals surface area contributed by atoms with Crippen LogP contribution in [-0.2, 0) is 11.3 Å². The van der Waals surface area contributed by atoms with Crippen molar-refractivity contribution in [3.63, 3.8) is 0 Å². The predicted molar refractivity (Wildman–Crippen MR) is 123 cm³/mol. The van der Waals surface area contributed by atoms with Crippen molar-refractivity contribution in [3.05, 3.63) is 66.6 Å². The summed E-state index contributed by atoms with van der Waals surface area (Å²) in [6, 6.07) is 13.2. The highest BCUT2D eigenvalue weighted by molar-refractivity contribution is 5.94. The van der Waals surface area contributed by atoms with Gasteiger partial charge in [0.15, 0.2) is 0 Å². The highest BCUT2D eigenvalue weighted by atomic mass is 19.1. The summed E-state index contributed by atoms with van der Waals surface area (Å²) in [5, 5.41) is 8.29. The fourth-order valence-corrected chi connectivity index (χ4v) is 3.76. The number of alkyl halides is 1. The summed E-state index contributed by atoms with van der Waals surface area (Å²) in [6.45, 7) is 2.16. The van der Waals surface area contributed by atoms with E-state index in [0.29, 0.717) is 37.8 Å². The molecule has 8 nitrogen and oxygen atoms in total. The fraction of sp³-hybridized carbons (Fsp3) is 0.250. The molecule has 0 unspecified atom stereocenters. The number of aryl methyl sites for hydroxylation is 1. The average Bonchev–Trinajstić information content (AvgIpc) is 3.33. The molecule has 168 valence electrons. The Labute approximate surface area is 190 Å². The van der Waals surface area contributed by atoms with E-state index >= 15 is 0 Å². The standard InChI is InChI=1S/C24H23FN6O2/c25-7-8-31-16-20(15-27-31)18-1-2-19-14-26-24(29-22(19)13-18)28-21-5-3-17(4-6-21)23(32)30-9-11-33-12-10-30/h1-6,13-16H,7-12H2,(H,26,28,29). The average molecular weight is 446 g/mol. The zero-order chi connectivity index (χ0) is 22.6. The Balaban J connectivity index is 1.32. The van der Waals surface area contributed by atoms with Gasteiger partial charge in [0.2, 0.25) is 5.95 Å². The summed E-state index contributed by atoms with van der Waals surface area (Å²) in [5.74, 6) is 0.467. The molecule has 0 bridgehead atoms. The number of carbonyl (C=O) groups is 1. The number of nitrogens with one attached hydrogen (secondary N) is 1. The Morgan fingerprint density at radius 1 is 1.06 bits per heavy atom. The first-order valence-corrected chi connectivity index (χ1v) is 10.8. The van der Waals surface area contributed by atoms with Crippen molar-refractivity contribution in [1.29, 1.82) is 0 Å². The smallest absolute Gasteiger partial charge is 0.254 e. The molecule has 9 heteroatoms. The lowest BCUT2D eigenvalue weighted by Crippen LogP contribution is -2.40. The van der Waals surface area contributed by atoms with Crippen molar-refractivity contribution >= 4 is 28.4 Å². The Bertz CT molecular complexity index is 1270. The van der Waals surface area contributed by atoms with Crippen LogP contribution in [0.5, 0.6) is 0 Å². The fourth-order valence-electron chi connectivity index (χ4n) is 3.76. The summed E-state index contributed by atoms with van der Waals surface area (Å²) >= 11 is 0. The quantitative estimate of drug-likeness (QED) is 0.486. The van der Waals surface area contributed by atoms with Crippen molar-refractivity contribution in [2.24, 2.45) is 0 Å². The molecule has 1 amide bonds. The zero-order valence-electron chi connectivity index (χ0n) is 17.9. The third-order valence-electron chi connectivity index (χ3n) is 5.55. The summed E-state index contributed by atoms with van der Waals surface area (Å²) in [6.07, 6.45) is 5.30. The van der Waals surface area contributed by atoms with Crippen LogP contribution < -0.4 is 5.32 Å². The van der Waals surface area contributed by atoms with E-state index in [1.54, 1.807) is 34.1 Å². The Morgan fingerprint density at radius 3 is 2.67 bits per heavy atom. The number of hydrogen-bond donors (Lipinski definition) is 1. The minimum Gasteiger partial charge on any atom is -0.378 e. The largest absolute Gasteiger partial charge is 0.378 e. The molecule has 0 spiro atoms. The van der Waals surface area contributed by atoms with Gasteiger partial charge in [0.25, 0.3) is 5.91 Å². The van der Waals surface area contributed by atoms with Gasteiger partial charge in [0, 0.05) is 47.7 Å². The molecule has 2 aromatic carbocycles. The molecule has 0 radical (unpaired) electrons. The lowest BCUT2D eigenvalue weighted by atomic mass is 10.1. The molecule has 33 heavy (non-hydrogen) atoms. The molecule has 5 rings (SSSR count). The predicted octanol–water partition coefficient (Wildman–Crippen LogP) is 3.68. The topological polar surface area (TPSA) is 85.2 Å². The number of ether oxygens (including phenoxy) is 1. The minimum atomic E-state index is -0.455. The molecule has 1 fully saturated rings. The Morgan fingerprint density at radius 2 is 1.88 bits per heavy atom. The van der Waals surface area contributed by atoms with Crippen molar-refractivity contribution < 1.29 is 13.9 Å². The van der Waals surface area contributed by atoms with Crippen molar-refractivity contribution in [3.8, 4) is 11.1 Å². The van der Waals surface area contributed by atoms with Crippen molar-refractivity contribution in [1.82, 2.24) is 24.6 Å². The normalized spacial score (nSPS) is 13.9. The number of hydrogen-bond acceptors (Lipinski definition) is 6. The number of halogens is 1. The number of benzene rings is 2. The SMILES string of the molecule is O=C(c1ccc(Nc2ncc3ccc(-c4cnn(CCF)c4)cc3n2)cc1)N1CCOCC1. The highest BCUT2D eigenvalue weighted by Gasteiger charge is 2.18. The lowest BCUT2D eigenvalue weighted by molar-refractivity contribution is 0.0303. The van der Waals surface area contributed by atoms with Crippen LogP contribution >= 0.6 is 0 Å². The maximum absolute atomic E-state index is 12.6. The van der Waals surface area contributed by atoms with Gasteiger partial charge < -0.3 is 15.0 Å². The molecular weight excluding hydrogens is 423 g/mol. The van der Waals surface area contributed by atoms with Crippen LogP contribution in [0.3, 0.4) is 0 Å². The summed E-state index contributed by atoms with van der Waals surface area (Å²) < 4.78 is 19.5. The first-order chi connectivity index (χ1) is 16.2. The van der Waals surface area contributed by atoms with Crippen LogP contribution in [0.1, 0.15) is 10.4 Å². The maximum atomic E-state index is 12.6. The van der Waals surface area contributed by atoms with Gasteiger partial charge in [-0.25, -0.2) is 14.4 Å². The van der Waals surface area contributed by atoms with Gasteiger partial charge in [0.05, 0.1) is 31.5 Å². The second kappa shape index (κ2) is 9.33. The maximum Gasteiger partial charge on any atom is 0.254 e. The number of anilines is 2. The number of aromatic nitrogens is 4. The van der Waals surface area contributed by atoms with Crippen LogP contribution in [0.15, 0.2) is 61.1 Å². The summed E-state index contributed by atoms with van der Waals surface area (Å²) in [5.41, 5.74) is 4.06. The lowest BCUT2D eigenvalue weighted by Gasteiger charge is -2.26. The third-order valence-corrected chi connectivity index (χ3v) is 5.55. The van der Waals surface area contributed by atoms with Gasteiger partial charge in [-0.2, -0.15) is 5.10 Å². The second-order valence-electron chi connectivity index (χ2n) is 7.76. The van der Waals surface area contributed by atoms with Gasteiger partial charge in [0.1, 0.15) is 6.67 Å². The van der Waals surface area contributed by atoms with Crippen LogP contribution in [0.2, 0.25) is 0 Å². The molecular formula is C24H23FN6O2. The number of rotatable bonds is 6. The van der Waals surface area contributed by atoms with Crippen LogP contribution in [0.4, 0.5) is 16.0 Å². The first-order valence-electron chi connectivity index (χ1n) is 10.8. The van der Waals surface area contributed by atoms with Crippen LogP contribution in [0, 0.1) is 0 Å². The molecule has 1 aliphatic heterocycles. The molecule has 1 saturated heterocycles. The van der Waals surface area contributed by atoms with E-state index < -0.39 is 6.67 Å². The van der Waals surface area contributed by atoms with E-state index in [4.69, 9.17) is 4.74 Å². The monoisotopic (exact) mass is 446 g/mol. The van der Waals surface area contributed by atoms with Crippen LogP contribution in [0.25, 0.3) is 22.0 Å². The van der Waals surface area contributed by atoms with Gasteiger partial charge in [-0.05, 0) is 35.9 Å². The number of fused-ring (bicyclic) bond motifs is 1. The van der Waals surface area contributed by atoms with E-state index in [1.807, 2.05) is 36.5 Å². The van der Waals surface area contributed by atoms with E-state index in [0.717, 1.165) is 27.7 Å². The number of amides is 1. The molecule has 1 N–H and O–H groups in total.